The first-order chi connectivity index (χ1) is 12.1. The van der Waals surface area contributed by atoms with Crippen molar-refractivity contribution in [3.8, 4) is 0 Å². The number of rotatable bonds is 6. The molecule has 1 atom stereocenters. The summed E-state index contributed by atoms with van der Waals surface area (Å²) in [6.07, 6.45) is 1.08. The maximum atomic E-state index is 12.2. The Morgan fingerprint density at radius 2 is 1.84 bits per heavy atom. The number of amides is 1. The third kappa shape index (κ3) is 5.11. The predicted molar refractivity (Wildman–Crippen MR) is 102 cm³/mol. The molecule has 25 heavy (non-hydrogen) atoms. The fourth-order valence-electron chi connectivity index (χ4n) is 2.50. The predicted octanol–water partition coefficient (Wildman–Crippen LogP) is 4.91. The second kappa shape index (κ2) is 8.23. The number of carbonyl (C=O) groups is 1. The molecule has 0 aliphatic rings. The monoisotopic (exact) mass is 371 g/mol. The zero-order chi connectivity index (χ0) is 17.6. The van der Waals surface area contributed by atoms with Crippen LogP contribution in [-0.2, 0) is 11.2 Å². The topological polar surface area (TPSA) is 54.9 Å². The lowest BCUT2D eigenvalue weighted by molar-refractivity contribution is -0.116. The van der Waals surface area contributed by atoms with Gasteiger partial charge in [-0.15, -0.1) is 10.2 Å². The van der Waals surface area contributed by atoms with Gasteiger partial charge in [-0.25, -0.2) is 0 Å². The Hall–Kier alpha value is -2.24. The van der Waals surface area contributed by atoms with Crippen LogP contribution < -0.4 is 5.32 Å². The standard InChI is InChI=1S/C19H18ClN3OS/c1-13(15-5-3-2-4-6-15)11-17(24)21-19-23-22-18(25-19)12-14-7-9-16(20)10-8-14/h2-10,13H,11-12H2,1H3,(H,21,23,24)/t13-/m0/s1. The molecule has 3 aromatic rings. The van der Waals surface area contributed by atoms with Gasteiger partial charge in [-0.1, -0.05) is 72.3 Å². The van der Waals surface area contributed by atoms with Crippen LogP contribution in [0.15, 0.2) is 54.6 Å². The van der Waals surface area contributed by atoms with E-state index in [4.69, 9.17) is 11.6 Å². The molecule has 0 bridgehead atoms. The van der Waals surface area contributed by atoms with Crippen molar-refractivity contribution >= 4 is 34.0 Å². The van der Waals surface area contributed by atoms with E-state index in [0.29, 0.717) is 23.0 Å². The number of benzene rings is 2. The van der Waals surface area contributed by atoms with Gasteiger partial charge >= 0.3 is 0 Å². The lowest BCUT2D eigenvalue weighted by Gasteiger charge is -2.10. The van der Waals surface area contributed by atoms with Gasteiger partial charge in [0.1, 0.15) is 5.01 Å². The van der Waals surface area contributed by atoms with E-state index in [1.165, 1.54) is 11.3 Å². The summed E-state index contributed by atoms with van der Waals surface area (Å²) in [7, 11) is 0. The number of carbonyl (C=O) groups excluding carboxylic acids is 1. The number of hydrogen-bond acceptors (Lipinski definition) is 4. The quantitative estimate of drug-likeness (QED) is 0.669. The van der Waals surface area contributed by atoms with Crippen molar-refractivity contribution < 1.29 is 4.79 Å². The van der Waals surface area contributed by atoms with Crippen LogP contribution in [0, 0.1) is 0 Å². The van der Waals surface area contributed by atoms with Crippen LogP contribution in [0.2, 0.25) is 5.02 Å². The highest BCUT2D eigenvalue weighted by molar-refractivity contribution is 7.15. The third-order valence-electron chi connectivity index (χ3n) is 3.84. The second-order valence-corrected chi connectivity index (χ2v) is 7.37. The van der Waals surface area contributed by atoms with Crippen LogP contribution in [0.25, 0.3) is 0 Å². The molecule has 0 radical (unpaired) electrons. The van der Waals surface area contributed by atoms with Crippen LogP contribution in [-0.4, -0.2) is 16.1 Å². The fraction of sp³-hybridized carbons (Fsp3) is 0.211. The van der Waals surface area contributed by atoms with Gasteiger partial charge in [-0.2, -0.15) is 0 Å². The molecular formula is C19H18ClN3OS. The minimum absolute atomic E-state index is 0.0504. The third-order valence-corrected chi connectivity index (χ3v) is 4.93. The smallest absolute Gasteiger partial charge is 0.226 e. The molecule has 1 heterocycles. The van der Waals surface area contributed by atoms with E-state index in [-0.39, 0.29) is 11.8 Å². The SMILES string of the molecule is C[C@@H](CC(=O)Nc1nnc(Cc2ccc(Cl)cc2)s1)c1ccccc1. The number of nitrogens with zero attached hydrogens (tertiary/aromatic N) is 2. The van der Waals surface area contributed by atoms with Crippen LogP contribution in [0.1, 0.15) is 35.4 Å². The van der Waals surface area contributed by atoms with E-state index in [9.17, 15) is 4.79 Å². The minimum Gasteiger partial charge on any atom is -0.301 e. The number of aromatic nitrogens is 2. The van der Waals surface area contributed by atoms with Crippen LogP contribution in [0.3, 0.4) is 0 Å². The summed E-state index contributed by atoms with van der Waals surface area (Å²) in [5.41, 5.74) is 2.26. The van der Waals surface area contributed by atoms with Crippen LogP contribution in [0.4, 0.5) is 5.13 Å². The lowest BCUT2D eigenvalue weighted by Crippen LogP contribution is -2.14. The Kier molecular flexibility index (Phi) is 5.79. The van der Waals surface area contributed by atoms with Gasteiger partial charge in [0.05, 0.1) is 0 Å². The van der Waals surface area contributed by atoms with Crippen molar-refractivity contribution in [3.05, 3.63) is 75.8 Å². The van der Waals surface area contributed by atoms with Crippen molar-refractivity contribution in [2.75, 3.05) is 5.32 Å². The molecule has 0 aliphatic carbocycles. The van der Waals surface area contributed by atoms with Crippen molar-refractivity contribution in [3.63, 3.8) is 0 Å². The molecule has 0 unspecified atom stereocenters. The number of nitrogens with one attached hydrogen (secondary N) is 1. The first kappa shape index (κ1) is 17.6. The van der Waals surface area contributed by atoms with Crippen molar-refractivity contribution in [2.24, 2.45) is 0 Å². The Morgan fingerprint density at radius 1 is 1.12 bits per heavy atom. The Labute approximate surface area is 155 Å². The van der Waals surface area contributed by atoms with E-state index < -0.39 is 0 Å². The summed E-state index contributed by atoms with van der Waals surface area (Å²) >= 11 is 7.28. The normalized spacial score (nSPS) is 11.9. The van der Waals surface area contributed by atoms with Gasteiger partial charge < -0.3 is 5.32 Å². The Morgan fingerprint density at radius 3 is 2.56 bits per heavy atom. The zero-order valence-corrected chi connectivity index (χ0v) is 15.3. The number of anilines is 1. The van der Waals surface area contributed by atoms with Gasteiger partial charge in [0.15, 0.2) is 0 Å². The van der Waals surface area contributed by atoms with Crippen LogP contribution in [0.5, 0.6) is 0 Å². The van der Waals surface area contributed by atoms with E-state index in [1.807, 2.05) is 61.5 Å². The number of hydrogen-bond donors (Lipinski definition) is 1. The fourth-order valence-corrected chi connectivity index (χ4v) is 3.42. The van der Waals surface area contributed by atoms with Crippen molar-refractivity contribution in [1.82, 2.24) is 10.2 Å². The molecule has 1 amide bonds. The molecule has 1 N–H and O–H groups in total. The zero-order valence-electron chi connectivity index (χ0n) is 13.8. The molecule has 4 nitrogen and oxygen atoms in total. The summed E-state index contributed by atoms with van der Waals surface area (Å²) in [5, 5.41) is 13.1. The maximum Gasteiger partial charge on any atom is 0.226 e. The van der Waals surface area contributed by atoms with E-state index in [0.717, 1.165) is 16.1 Å². The molecule has 0 aliphatic heterocycles. The first-order valence-electron chi connectivity index (χ1n) is 8.02. The van der Waals surface area contributed by atoms with E-state index in [1.54, 1.807) is 0 Å². The van der Waals surface area contributed by atoms with Gasteiger partial charge in [0.2, 0.25) is 11.0 Å². The highest BCUT2D eigenvalue weighted by Crippen LogP contribution is 2.22. The number of halogens is 1. The summed E-state index contributed by atoms with van der Waals surface area (Å²) in [4.78, 5) is 12.2. The second-order valence-electron chi connectivity index (χ2n) is 5.87. The minimum atomic E-state index is -0.0504. The lowest BCUT2D eigenvalue weighted by atomic mass is 9.98. The average molecular weight is 372 g/mol. The van der Waals surface area contributed by atoms with E-state index in [2.05, 4.69) is 15.5 Å². The highest BCUT2D eigenvalue weighted by Gasteiger charge is 2.13. The van der Waals surface area contributed by atoms with Crippen LogP contribution >= 0.6 is 22.9 Å². The van der Waals surface area contributed by atoms with Gasteiger partial charge in [-0.3, -0.25) is 4.79 Å². The molecule has 0 fully saturated rings. The highest BCUT2D eigenvalue weighted by atomic mass is 35.5. The molecule has 2 aromatic carbocycles. The summed E-state index contributed by atoms with van der Waals surface area (Å²) < 4.78 is 0. The molecule has 128 valence electrons. The Balaban J connectivity index is 1.55. The van der Waals surface area contributed by atoms with Crippen molar-refractivity contribution in [1.29, 1.82) is 0 Å². The summed E-state index contributed by atoms with van der Waals surface area (Å²) in [6, 6.07) is 17.6. The average Bonchev–Trinajstić information content (AvgIpc) is 3.04. The maximum absolute atomic E-state index is 12.2. The molecule has 0 saturated carbocycles. The van der Waals surface area contributed by atoms with E-state index >= 15 is 0 Å². The van der Waals surface area contributed by atoms with Gasteiger partial charge in [0, 0.05) is 17.9 Å². The molecule has 1 aromatic heterocycles. The Bertz CT molecular complexity index is 833. The first-order valence-corrected chi connectivity index (χ1v) is 9.21. The molecule has 3 rings (SSSR count). The molecule has 6 heteroatoms. The molecular weight excluding hydrogens is 354 g/mol. The van der Waals surface area contributed by atoms with Gasteiger partial charge in [-0.05, 0) is 29.2 Å². The summed E-state index contributed by atoms with van der Waals surface area (Å²) in [5.74, 6) is 0.105. The van der Waals surface area contributed by atoms with Gasteiger partial charge in [0.25, 0.3) is 0 Å². The largest absolute Gasteiger partial charge is 0.301 e. The summed E-state index contributed by atoms with van der Waals surface area (Å²) in [6.45, 7) is 2.04. The van der Waals surface area contributed by atoms with Crippen molar-refractivity contribution in [2.45, 2.75) is 25.7 Å². The molecule has 0 spiro atoms. The molecule has 0 saturated heterocycles.